The standard InChI is InChI=1S/C12H24N2O.ClH/c1-11(2)8-14-12(3,15-9-11)10-5-4-6-13-7-10;/h10,13-14H,4-9H2,1-3H3;1H. The van der Waals surface area contributed by atoms with Crippen LogP contribution in [0.15, 0.2) is 0 Å². The van der Waals surface area contributed by atoms with Gasteiger partial charge in [0.05, 0.1) is 6.61 Å². The molecule has 2 rings (SSSR count). The van der Waals surface area contributed by atoms with Gasteiger partial charge in [-0.1, -0.05) is 13.8 Å². The molecule has 0 amide bonds. The van der Waals surface area contributed by atoms with Gasteiger partial charge in [-0.15, -0.1) is 12.4 Å². The van der Waals surface area contributed by atoms with Crippen molar-refractivity contribution in [3.8, 4) is 0 Å². The van der Waals surface area contributed by atoms with E-state index in [4.69, 9.17) is 4.74 Å². The van der Waals surface area contributed by atoms with Crippen molar-refractivity contribution in [2.24, 2.45) is 11.3 Å². The number of piperidine rings is 1. The molecular weight excluding hydrogens is 224 g/mol. The Hall–Kier alpha value is 0.170. The topological polar surface area (TPSA) is 33.3 Å². The second-order valence-electron chi connectivity index (χ2n) is 5.96. The van der Waals surface area contributed by atoms with E-state index < -0.39 is 0 Å². The van der Waals surface area contributed by atoms with Crippen LogP contribution in [0.1, 0.15) is 33.6 Å². The Morgan fingerprint density at radius 2 is 2.00 bits per heavy atom. The smallest absolute Gasteiger partial charge is 0.120 e. The van der Waals surface area contributed by atoms with Gasteiger partial charge in [0.25, 0.3) is 0 Å². The Balaban J connectivity index is 0.00000128. The lowest BCUT2D eigenvalue weighted by atomic mass is 9.85. The Bertz CT molecular complexity index is 217. The summed E-state index contributed by atoms with van der Waals surface area (Å²) in [5.41, 5.74) is 0.171. The molecule has 0 aromatic heterocycles. The van der Waals surface area contributed by atoms with Crippen LogP contribution in [0.4, 0.5) is 0 Å². The van der Waals surface area contributed by atoms with Gasteiger partial charge in [-0.3, -0.25) is 5.32 Å². The minimum Gasteiger partial charge on any atom is -0.360 e. The average molecular weight is 249 g/mol. The molecule has 96 valence electrons. The van der Waals surface area contributed by atoms with Crippen molar-refractivity contribution in [1.82, 2.24) is 10.6 Å². The van der Waals surface area contributed by atoms with Crippen LogP contribution in [-0.4, -0.2) is 32.0 Å². The van der Waals surface area contributed by atoms with E-state index >= 15 is 0 Å². The quantitative estimate of drug-likeness (QED) is 0.742. The number of ether oxygens (including phenoxy) is 1. The van der Waals surface area contributed by atoms with Gasteiger partial charge in [-0.25, -0.2) is 0 Å². The summed E-state index contributed by atoms with van der Waals surface area (Å²) in [6.45, 7) is 10.9. The molecule has 0 spiro atoms. The molecule has 16 heavy (non-hydrogen) atoms. The summed E-state index contributed by atoms with van der Waals surface area (Å²) in [4.78, 5) is 0. The fourth-order valence-corrected chi connectivity index (χ4v) is 2.45. The Labute approximate surface area is 105 Å². The molecule has 2 unspecified atom stereocenters. The lowest BCUT2D eigenvalue weighted by Crippen LogP contribution is -2.61. The molecular formula is C12H25ClN2O. The van der Waals surface area contributed by atoms with E-state index in [1.807, 2.05) is 0 Å². The maximum absolute atomic E-state index is 6.07. The van der Waals surface area contributed by atoms with Crippen LogP contribution < -0.4 is 10.6 Å². The SMILES string of the molecule is CC1(C)CNC(C)(C2CCCNC2)OC1.Cl. The highest BCUT2D eigenvalue weighted by atomic mass is 35.5. The summed E-state index contributed by atoms with van der Waals surface area (Å²) in [5.74, 6) is 0.613. The summed E-state index contributed by atoms with van der Waals surface area (Å²) < 4.78 is 6.07. The minimum absolute atomic E-state index is 0. The van der Waals surface area contributed by atoms with E-state index in [9.17, 15) is 0 Å². The number of rotatable bonds is 1. The molecule has 2 aliphatic heterocycles. The summed E-state index contributed by atoms with van der Waals surface area (Å²) in [6, 6.07) is 0. The van der Waals surface area contributed by atoms with Crippen molar-refractivity contribution in [1.29, 1.82) is 0 Å². The Morgan fingerprint density at radius 1 is 1.25 bits per heavy atom. The van der Waals surface area contributed by atoms with Gasteiger partial charge in [-0.2, -0.15) is 0 Å². The average Bonchev–Trinajstić information content (AvgIpc) is 2.24. The van der Waals surface area contributed by atoms with Gasteiger partial charge in [0, 0.05) is 24.4 Å². The number of halogens is 1. The molecule has 2 aliphatic rings. The molecule has 2 fully saturated rings. The zero-order chi connectivity index (χ0) is 10.9. The number of hydrogen-bond acceptors (Lipinski definition) is 3. The van der Waals surface area contributed by atoms with Gasteiger partial charge in [0.2, 0.25) is 0 Å². The van der Waals surface area contributed by atoms with E-state index in [1.54, 1.807) is 0 Å². The van der Waals surface area contributed by atoms with Crippen molar-refractivity contribution in [3.05, 3.63) is 0 Å². The van der Waals surface area contributed by atoms with E-state index in [-0.39, 0.29) is 23.5 Å². The molecule has 3 nitrogen and oxygen atoms in total. The monoisotopic (exact) mass is 248 g/mol. The maximum atomic E-state index is 6.07. The maximum Gasteiger partial charge on any atom is 0.120 e. The second kappa shape index (κ2) is 5.21. The Kier molecular flexibility index (Phi) is 4.64. The molecule has 4 heteroatoms. The highest BCUT2D eigenvalue weighted by Gasteiger charge is 2.41. The molecule has 2 saturated heterocycles. The van der Waals surface area contributed by atoms with Crippen LogP contribution in [0.2, 0.25) is 0 Å². The van der Waals surface area contributed by atoms with Crippen LogP contribution in [-0.2, 0) is 4.74 Å². The first-order valence-corrected chi connectivity index (χ1v) is 6.12. The molecule has 0 aromatic rings. The summed E-state index contributed by atoms with van der Waals surface area (Å²) in [5, 5.41) is 7.05. The molecule has 0 radical (unpaired) electrons. The lowest BCUT2D eigenvalue weighted by molar-refractivity contribution is -0.159. The third-order valence-corrected chi connectivity index (χ3v) is 3.76. The number of nitrogens with one attached hydrogen (secondary N) is 2. The van der Waals surface area contributed by atoms with E-state index in [2.05, 4.69) is 31.4 Å². The van der Waals surface area contributed by atoms with Crippen LogP contribution in [0.3, 0.4) is 0 Å². The summed E-state index contributed by atoms with van der Waals surface area (Å²) in [6.07, 6.45) is 2.55. The molecule has 0 aromatic carbocycles. The highest BCUT2D eigenvalue weighted by molar-refractivity contribution is 5.85. The molecule has 2 heterocycles. The third-order valence-electron chi connectivity index (χ3n) is 3.76. The first kappa shape index (κ1) is 14.2. The predicted octanol–water partition coefficient (Wildman–Crippen LogP) is 1.77. The summed E-state index contributed by atoms with van der Waals surface area (Å²) in [7, 11) is 0. The minimum atomic E-state index is -0.108. The first-order valence-electron chi connectivity index (χ1n) is 6.12. The Morgan fingerprint density at radius 3 is 2.50 bits per heavy atom. The van der Waals surface area contributed by atoms with Crippen molar-refractivity contribution in [2.45, 2.75) is 39.3 Å². The van der Waals surface area contributed by atoms with Crippen molar-refractivity contribution in [2.75, 3.05) is 26.2 Å². The van der Waals surface area contributed by atoms with Crippen LogP contribution in [0.5, 0.6) is 0 Å². The van der Waals surface area contributed by atoms with E-state index in [0.717, 1.165) is 26.2 Å². The zero-order valence-corrected chi connectivity index (χ0v) is 11.5. The number of hydrogen-bond donors (Lipinski definition) is 2. The van der Waals surface area contributed by atoms with Crippen LogP contribution >= 0.6 is 12.4 Å². The third kappa shape index (κ3) is 3.10. The predicted molar refractivity (Wildman–Crippen MR) is 69.0 cm³/mol. The second-order valence-corrected chi connectivity index (χ2v) is 5.96. The normalized spacial score (nSPS) is 38.8. The first-order chi connectivity index (χ1) is 7.02. The van der Waals surface area contributed by atoms with Gasteiger partial charge >= 0.3 is 0 Å². The van der Waals surface area contributed by atoms with Crippen molar-refractivity contribution < 1.29 is 4.74 Å². The van der Waals surface area contributed by atoms with Crippen molar-refractivity contribution >= 4 is 12.4 Å². The van der Waals surface area contributed by atoms with Gasteiger partial charge in [0.1, 0.15) is 5.72 Å². The summed E-state index contributed by atoms with van der Waals surface area (Å²) >= 11 is 0. The molecule has 2 atom stereocenters. The van der Waals surface area contributed by atoms with Gasteiger partial charge in [-0.05, 0) is 26.3 Å². The van der Waals surface area contributed by atoms with E-state index in [1.165, 1.54) is 12.8 Å². The molecule has 0 bridgehead atoms. The highest BCUT2D eigenvalue weighted by Crippen LogP contribution is 2.32. The van der Waals surface area contributed by atoms with Crippen LogP contribution in [0, 0.1) is 11.3 Å². The van der Waals surface area contributed by atoms with Gasteiger partial charge in [0.15, 0.2) is 0 Å². The van der Waals surface area contributed by atoms with Crippen LogP contribution in [0.25, 0.3) is 0 Å². The lowest BCUT2D eigenvalue weighted by Gasteiger charge is -2.47. The van der Waals surface area contributed by atoms with Gasteiger partial charge < -0.3 is 10.1 Å². The zero-order valence-electron chi connectivity index (χ0n) is 10.6. The van der Waals surface area contributed by atoms with E-state index in [0.29, 0.717) is 5.92 Å². The molecule has 0 saturated carbocycles. The largest absolute Gasteiger partial charge is 0.360 e. The fraction of sp³-hybridized carbons (Fsp3) is 1.00. The molecule has 0 aliphatic carbocycles. The van der Waals surface area contributed by atoms with Crippen molar-refractivity contribution in [3.63, 3.8) is 0 Å². The fourth-order valence-electron chi connectivity index (χ4n) is 2.45. The molecule has 2 N–H and O–H groups in total.